The van der Waals surface area contributed by atoms with Gasteiger partial charge in [0.05, 0.1) is 32.0 Å². The van der Waals surface area contributed by atoms with Gasteiger partial charge in [0.15, 0.2) is 0 Å². The molecule has 0 fully saturated rings. The van der Waals surface area contributed by atoms with Gasteiger partial charge in [-0.3, -0.25) is 4.79 Å². The molecule has 0 N–H and O–H groups in total. The van der Waals surface area contributed by atoms with Crippen LogP contribution in [-0.2, 0) is 16.1 Å². The second kappa shape index (κ2) is 7.84. The second-order valence-electron chi connectivity index (χ2n) is 5.11. The average Bonchev–Trinajstić information content (AvgIpc) is 2.59. The maximum atomic E-state index is 12.2. The molecule has 0 spiro atoms. The number of nitrogens with zero attached hydrogens (tertiary/aromatic N) is 1. The number of esters is 1. The number of benzene rings is 2. The number of methoxy groups -OCH3 is 2. The molecule has 0 saturated heterocycles. The number of rotatable bonds is 5. The smallest absolute Gasteiger partial charge is 0.339 e. The Kier molecular flexibility index (Phi) is 5.82. The molecular weight excluding hydrogens is 330 g/mol. The molecule has 1 amide bonds. The van der Waals surface area contributed by atoms with E-state index in [9.17, 15) is 9.59 Å². The summed E-state index contributed by atoms with van der Waals surface area (Å²) in [6, 6.07) is 12.1. The predicted octanol–water partition coefficient (Wildman–Crippen LogP) is 3.69. The first kappa shape index (κ1) is 17.8. The lowest BCUT2D eigenvalue weighted by Crippen LogP contribution is -2.29. The van der Waals surface area contributed by atoms with E-state index in [-0.39, 0.29) is 11.5 Å². The largest absolute Gasteiger partial charge is 0.497 e. The molecule has 126 valence electrons. The monoisotopic (exact) mass is 347 g/mol. The molecule has 0 aliphatic heterocycles. The number of halogens is 1. The Hall–Kier alpha value is -2.53. The Morgan fingerprint density at radius 1 is 1.08 bits per heavy atom. The average molecular weight is 348 g/mol. The minimum Gasteiger partial charge on any atom is -0.497 e. The first-order chi connectivity index (χ1) is 11.5. The zero-order chi connectivity index (χ0) is 17.7. The van der Waals surface area contributed by atoms with Crippen LogP contribution in [-0.4, -0.2) is 26.1 Å². The minimum atomic E-state index is -0.525. The summed E-state index contributed by atoms with van der Waals surface area (Å²) in [5, 5.41) is 0.429. The van der Waals surface area contributed by atoms with Crippen LogP contribution < -0.4 is 9.64 Å². The summed E-state index contributed by atoms with van der Waals surface area (Å²) in [4.78, 5) is 25.6. The van der Waals surface area contributed by atoms with E-state index in [0.29, 0.717) is 17.3 Å². The number of carbonyl (C=O) groups is 2. The Bertz CT molecular complexity index is 743. The molecule has 2 rings (SSSR count). The summed E-state index contributed by atoms with van der Waals surface area (Å²) >= 11 is 6.05. The quantitative estimate of drug-likeness (QED) is 0.774. The standard InChI is InChI=1S/C18H18ClNO4/c1-12(21)20(11-13-4-7-15(23-2)8-5-13)17-10-14(19)6-9-16(17)18(22)24-3/h4-10H,11H2,1-3H3. The molecule has 0 radical (unpaired) electrons. The van der Waals surface area contributed by atoms with Crippen LogP contribution in [0, 0.1) is 0 Å². The lowest BCUT2D eigenvalue weighted by molar-refractivity contribution is -0.116. The van der Waals surface area contributed by atoms with Gasteiger partial charge >= 0.3 is 5.97 Å². The molecule has 0 bridgehead atoms. The molecule has 5 nitrogen and oxygen atoms in total. The van der Waals surface area contributed by atoms with Crippen molar-refractivity contribution in [2.24, 2.45) is 0 Å². The number of anilines is 1. The molecule has 2 aromatic carbocycles. The fourth-order valence-electron chi connectivity index (χ4n) is 2.29. The molecule has 2 aromatic rings. The van der Waals surface area contributed by atoms with Crippen LogP contribution in [0.1, 0.15) is 22.8 Å². The van der Waals surface area contributed by atoms with Crippen molar-refractivity contribution in [3.05, 3.63) is 58.6 Å². The van der Waals surface area contributed by atoms with Crippen LogP contribution >= 0.6 is 11.6 Å². The van der Waals surface area contributed by atoms with Gasteiger partial charge in [-0.25, -0.2) is 4.79 Å². The summed E-state index contributed by atoms with van der Waals surface area (Å²) < 4.78 is 9.92. The van der Waals surface area contributed by atoms with Gasteiger partial charge in [-0.05, 0) is 35.9 Å². The van der Waals surface area contributed by atoms with Crippen molar-refractivity contribution >= 4 is 29.2 Å². The fourth-order valence-corrected chi connectivity index (χ4v) is 2.46. The molecule has 6 heteroatoms. The summed E-state index contributed by atoms with van der Waals surface area (Å²) in [5.41, 5.74) is 1.59. The van der Waals surface area contributed by atoms with Gasteiger partial charge in [0.2, 0.25) is 5.91 Å². The first-order valence-corrected chi connectivity index (χ1v) is 7.63. The molecule has 0 aromatic heterocycles. The van der Waals surface area contributed by atoms with E-state index in [1.165, 1.54) is 18.9 Å². The van der Waals surface area contributed by atoms with Crippen molar-refractivity contribution in [2.75, 3.05) is 19.1 Å². The Labute approximate surface area is 145 Å². The van der Waals surface area contributed by atoms with Gasteiger partial charge < -0.3 is 14.4 Å². The van der Waals surface area contributed by atoms with Crippen LogP contribution in [0.5, 0.6) is 5.75 Å². The van der Waals surface area contributed by atoms with E-state index in [1.54, 1.807) is 25.3 Å². The number of amides is 1. The lowest BCUT2D eigenvalue weighted by Gasteiger charge is -2.24. The molecule has 0 saturated carbocycles. The topological polar surface area (TPSA) is 55.8 Å². The predicted molar refractivity (Wildman–Crippen MR) is 92.6 cm³/mol. The van der Waals surface area contributed by atoms with E-state index >= 15 is 0 Å². The zero-order valence-electron chi connectivity index (χ0n) is 13.7. The highest BCUT2D eigenvalue weighted by Crippen LogP contribution is 2.27. The van der Waals surface area contributed by atoms with E-state index in [2.05, 4.69) is 0 Å². The van der Waals surface area contributed by atoms with Crippen LogP contribution in [0.25, 0.3) is 0 Å². The number of carbonyl (C=O) groups excluding carboxylic acids is 2. The minimum absolute atomic E-state index is 0.210. The van der Waals surface area contributed by atoms with Crippen molar-refractivity contribution in [3.63, 3.8) is 0 Å². The molecule has 0 unspecified atom stereocenters. The van der Waals surface area contributed by atoms with E-state index in [1.807, 2.05) is 24.3 Å². The number of hydrogen-bond acceptors (Lipinski definition) is 4. The first-order valence-electron chi connectivity index (χ1n) is 7.25. The SMILES string of the molecule is COC(=O)c1ccc(Cl)cc1N(Cc1ccc(OC)cc1)C(C)=O. The fraction of sp³-hybridized carbons (Fsp3) is 0.222. The molecule has 0 heterocycles. The zero-order valence-corrected chi connectivity index (χ0v) is 14.5. The Balaban J connectivity index is 2.41. The van der Waals surface area contributed by atoms with E-state index in [4.69, 9.17) is 21.1 Å². The molecule has 0 aliphatic carbocycles. The van der Waals surface area contributed by atoms with Gasteiger partial charge in [0, 0.05) is 11.9 Å². The number of hydrogen-bond donors (Lipinski definition) is 0. The van der Waals surface area contributed by atoms with Gasteiger partial charge in [0.25, 0.3) is 0 Å². The van der Waals surface area contributed by atoms with Gasteiger partial charge in [-0.1, -0.05) is 23.7 Å². The summed E-state index contributed by atoms with van der Waals surface area (Å²) in [7, 11) is 2.88. The Morgan fingerprint density at radius 2 is 1.75 bits per heavy atom. The van der Waals surface area contributed by atoms with Crippen molar-refractivity contribution in [1.29, 1.82) is 0 Å². The van der Waals surface area contributed by atoms with Crippen LogP contribution in [0.4, 0.5) is 5.69 Å². The third-order valence-corrected chi connectivity index (χ3v) is 3.77. The molecule has 24 heavy (non-hydrogen) atoms. The summed E-state index contributed by atoms with van der Waals surface area (Å²) in [6.07, 6.45) is 0. The highest BCUT2D eigenvalue weighted by Gasteiger charge is 2.21. The highest BCUT2D eigenvalue weighted by atomic mass is 35.5. The molecular formula is C18H18ClNO4. The van der Waals surface area contributed by atoms with Crippen molar-refractivity contribution < 1.29 is 19.1 Å². The third kappa shape index (κ3) is 4.06. The second-order valence-corrected chi connectivity index (χ2v) is 5.54. The normalized spacial score (nSPS) is 10.2. The van der Waals surface area contributed by atoms with Gasteiger partial charge in [-0.2, -0.15) is 0 Å². The maximum Gasteiger partial charge on any atom is 0.339 e. The van der Waals surface area contributed by atoms with Crippen molar-refractivity contribution in [1.82, 2.24) is 0 Å². The third-order valence-electron chi connectivity index (χ3n) is 3.54. The number of ether oxygens (including phenoxy) is 2. The van der Waals surface area contributed by atoms with Gasteiger partial charge in [-0.15, -0.1) is 0 Å². The summed E-state index contributed by atoms with van der Waals surface area (Å²) in [5.74, 6) is -0.00739. The van der Waals surface area contributed by atoms with Crippen LogP contribution in [0.2, 0.25) is 5.02 Å². The lowest BCUT2D eigenvalue weighted by atomic mass is 10.1. The Morgan fingerprint density at radius 3 is 2.29 bits per heavy atom. The molecule has 0 aliphatic rings. The van der Waals surface area contributed by atoms with E-state index < -0.39 is 5.97 Å². The summed E-state index contributed by atoms with van der Waals surface area (Å²) in [6.45, 7) is 1.73. The van der Waals surface area contributed by atoms with Crippen molar-refractivity contribution in [3.8, 4) is 5.75 Å². The van der Waals surface area contributed by atoms with Crippen LogP contribution in [0.15, 0.2) is 42.5 Å². The van der Waals surface area contributed by atoms with Crippen molar-refractivity contribution in [2.45, 2.75) is 13.5 Å². The van der Waals surface area contributed by atoms with Crippen LogP contribution in [0.3, 0.4) is 0 Å². The van der Waals surface area contributed by atoms with E-state index in [0.717, 1.165) is 11.3 Å². The molecule has 0 atom stereocenters. The highest BCUT2D eigenvalue weighted by molar-refractivity contribution is 6.31. The maximum absolute atomic E-state index is 12.2. The van der Waals surface area contributed by atoms with Gasteiger partial charge in [0.1, 0.15) is 5.75 Å².